The second-order valence-electron chi connectivity index (χ2n) is 13.8. The van der Waals surface area contributed by atoms with Crippen molar-refractivity contribution in [2.75, 3.05) is 19.6 Å². The Bertz CT molecular complexity index is 1950. The van der Waals surface area contributed by atoms with E-state index in [-0.39, 0.29) is 45.1 Å². The van der Waals surface area contributed by atoms with Crippen molar-refractivity contribution in [1.82, 2.24) is 52.5 Å². The largest absolute Gasteiger partial charge is 0.368 e. The van der Waals surface area contributed by atoms with Crippen molar-refractivity contribution in [3.63, 3.8) is 0 Å². The molecule has 0 radical (unpaired) electrons. The van der Waals surface area contributed by atoms with Crippen LogP contribution < -0.4 is 48.3 Å². The molecular formula is C39H49N11O9. The maximum atomic E-state index is 14.1. The van der Waals surface area contributed by atoms with Gasteiger partial charge in [0.25, 0.3) is 0 Å². The van der Waals surface area contributed by atoms with Crippen LogP contribution in [0.2, 0.25) is 0 Å². The van der Waals surface area contributed by atoms with Crippen LogP contribution in [0.5, 0.6) is 0 Å². The van der Waals surface area contributed by atoms with E-state index in [0.29, 0.717) is 16.8 Å². The van der Waals surface area contributed by atoms with Gasteiger partial charge in [-0.3, -0.25) is 43.2 Å². The molecule has 1 aliphatic heterocycles. The summed E-state index contributed by atoms with van der Waals surface area (Å²) in [6.45, 7) is -0.0672. The highest BCUT2D eigenvalue weighted by Gasteiger charge is 2.33. The number of aromatic nitrogens is 2. The van der Waals surface area contributed by atoms with Crippen LogP contribution in [0, 0.1) is 0 Å². The number of nitrogens with one attached hydrogen (secondary N) is 9. The van der Waals surface area contributed by atoms with Gasteiger partial charge in [0.15, 0.2) is 0 Å². The van der Waals surface area contributed by atoms with Crippen molar-refractivity contribution in [2.24, 2.45) is 5.73 Å². The van der Waals surface area contributed by atoms with Crippen molar-refractivity contribution < 1.29 is 43.2 Å². The number of H-pyrrole nitrogens is 1. The van der Waals surface area contributed by atoms with Crippen LogP contribution in [0.25, 0.3) is 0 Å². The van der Waals surface area contributed by atoms with E-state index in [1.54, 1.807) is 60.7 Å². The summed E-state index contributed by atoms with van der Waals surface area (Å²) in [5.41, 5.74) is 6.96. The quantitative estimate of drug-likeness (QED) is 0.0879. The molecule has 20 heteroatoms. The molecule has 3 aromatic rings. The van der Waals surface area contributed by atoms with Crippen molar-refractivity contribution in [3.05, 3.63) is 90.0 Å². The van der Waals surface area contributed by atoms with Crippen LogP contribution >= 0.6 is 0 Å². The lowest BCUT2D eigenvalue weighted by Crippen LogP contribution is -2.59. The fourth-order valence-corrected chi connectivity index (χ4v) is 6.10. The minimum Gasteiger partial charge on any atom is -0.368 e. The molecule has 11 N–H and O–H groups in total. The molecule has 5 atom stereocenters. The first-order chi connectivity index (χ1) is 28.3. The lowest BCUT2D eigenvalue weighted by atomic mass is 10.0. The third-order valence-electron chi connectivity index (χ3n) is 9.06. The number of hydrogen-bond acceptors (Lipinski definition) is 10. The number of nitrogens with zero attached hydrogens (tertiary/aromatic N) is 1. The van der Waals surface area contributed by atoms with Gasteiger partial charge in [0.05, 0.1) is 19.4 Å². The molecule has 9 amide bonds. The highest BCUT2D eigenvalue weighted by Crippen LogP contribution is 2.09. The third-order valence-corrected chi connectivity index (χ3v) is 9.06. The zero-order valence-electron chi connectivity index (χ0n) is 32.4. The molecule has 1 aliphatic rings. The van der Waals surface area contributed by atoms with Gasteiger partial charge in [0.1, 0.15) is 30.2 Å². The van der Waals surface area contributed by atoms with Gasteiger partial charge in [-0.1, -0.05) is 60.7 Å². The third kappa shape index (κ3) is 15.4. The minimum atomic E-state index is -1.42. The Labute approximate surface area is 339 Å². The predicted octanol–water partition coefficient (Wildman–Crippen LogP) is -3.10. The van der Waals surface area contributed by atoms with Gasteiger partial charge >= 0.3 is 0 Å². The molecule has 314 valence electrons. The number of primary amides is 1. The Balaban J connectivity index is 1.67. The molecule has 0 unspecified atom stereocenters. The number of hydrogen-bond donors (Lipinski definition) is 10. The number of carbonyl (C=O) groups excluding carboxylic acids is 9. The average Bonchev–Trinajstić information content (AvgIpc) is 3.72. The Kier molecular flexibility index (Phi) is 17.1. The second kappa shape index (κ2) is 22.6. The Morgan fingerprint density at radius 3 is 2.10 bits per heavy atom. The standard InChI is InChI=1S/C39H49N11O9/c1-23(51)46-30(17-25-10-6-3-7-11-25)38(58)48-27-12-13-33(53)42-15-14-28(35(55)43-20-32(40)52)47-34(54)21-44-36(56)29(16-24-8-4-2-5-9-24)49-39(59)31(50-37(27)57)18-26-19-41-22-45-26/h2-11,19,22,27-31H,12-18,20-21H2,1H3,(H2,40,52)(H,41,45)(H,42,53)(H,43,55)(H,44,56)(H,46,51)(H,47,54)(H,48,58)(H,49,59)(H,50,57)/t27-,28-,29+,30+,31-/m0/s1. The fourth-order valence-electron chi connectivity index (χ4n) is 6.10. The maximum Gasteiger partial charge on any atom is 0.243 e. The number of rotatable bonds is 12. The van der Waals surface area contributed by atoms with Gasteiger partial charge in [0.2, 0.25) is 53.2 Å². The van der Waals surface area contributed by atoms with E-state index in [4.69, 9.17) is 5.73 Å². The topological polar surface area (TPSA) is 305 Å². The van der Waals surface area contributed by atoms with Crippen LogP contribution in [-0.2, 0) is 62.4 Å². The second-order valence-corrected chi connectivity index (χ2v) is 13.8. The number of amides is 9. The van der Waals surface area contributed by atoms with Crippen LogP contribution in [0.1, 0.15) is 43.0 Å². The summed E-state index contributed by atoms with van der Waals surface area (Å²) in [6.07, 6.45) is 1.95. The summed E-state index contributed by atoms with van der Waals surface area (Å²) in [5.74, 6) is -6.68. The van der Waals surface area contributed by atoms with Crippen LogP contribution in [-0.4, -0.2) is 113 Å². The predicted molar refractivity (Wildman–Crippen MR) is 210 cm³/mol. The van der Waals surface area contributed by atoms with Gasteiger partial charge in [-0.25, -0.2) is 4.98 Å². The van der Waals surface area contributed by atoms with Gasteiger partial charge in [0, 0.05) is 51.0 Å². The molecule has 4 rings (SSSR count). The van der Waals surface area contributed by atoms with Crippen LogP contribution in [0.4, 0.5) is 0 Å². The molecule has 59 heavy (non-hydrogen) atoms. The van der Waals surface area contributed by atoms with Crippen LogP contribution in [0.15, 0.2) is 73.2 Å². The van der Waals surface area contributed by atoms with Gasteiger partial charge in [-0.05, 0) is 24.0 Å². The van der Waals surface area contributed by atoms with Crippen LogP contribution in [0.3, 0.4) is 0 Å². The first-order valence-corrected chi connectivity index (χ1v) is 18.9. The molecule has 1 aromatic heterocycles. The van der Waals surface area contributed by atoms with Crippen molar-refractivity contribution >= 4 is 53.2 Å². The summed E-state index contributed by atoms with van der Waals surface area (Å²) in [6, 6.07) is 11.1. The van der Waals surface area contributed by atoms with E-state index < -0.39 is 96.5 Å². The number of imidazole rings is 1. The number of aromatic amines is 1. The molecule has 0 bridgehead atoms. The Morgan fingerprint density at radius 1 is 0.797 bits per heavy atom. The molecular weight excluding hydrogens is 766 g/mol. The molecule has 1 saturated heterocycles. The molecule has 0 aliphatic carbocycles. The Morgan fingerprint density at radius 2 is 1.46 bits per heavy atom. The van der Waals surface area contributed by atoms with E-state index in [1.165, 1.54) is 19.4 Å². The van der Waals surface area contributed by atoms with Gasteiger partial charge in [-0.15, -0.1) is 0 Å². The molecule has 20 nitrogen and oxygen atoms in total. The molecule has 1 fully saturated rings. The zero-order valence-corrected chi connectivity index (χ0v) is 32.4. The molecule has 0 saturated carbocycles. The summed E-state index contributed by atoms with van der Waals surface area (Å²) in [5, 5.41) is 20.4. The highest BCUT2D eigenvalue weighted by molar-refractivity contribution is 5.97. The van der Waals surface area contributed by atoms with Crippen molar-refractivity contribution in [1.29, 1.82) is 0 Å². The number of carbonyl (C=O) groups is 9. The summed E-state index contributed by atoms with van der Waals surface area (Å²) in [7, 11) is 0. The van der Waals surface area contributed by atoms with Crippen molar-refractivity contribution in [2.45, 2.75) is 75.7 Å². The SMILES string of the molecule is CC(=O)N[C@H](Cc1ccccc1)C(=O)N[C@H]1CCC(=O)NCC[C@@H](C(=O)NCC(N)=O)NC(=O)CNC(=O)[C@@H](Cc2ccccc2)NC(=O)[C@H](Cc2cnc[nH]2)NC1=O. The van der Waals surface area contributed by atoms with E-state index in [9.17, 15) is 43.2 Å². The van der Waals surface area contributed by atoms with E-state index in [2.05, 4.69) is 52.5 Å². The average molecular weight is 816 g/mol. The molecule has 0 spiro atoms. The maximum absolute atomic E-state index is 14.1. The number of nitrogens with two attached hydrogens (primary N) is 1. The smallest absolute Gasteiger partial charge is 0.243 e. The van der Waals surface area contributed by atoms with Gasteiger partial charge in [-0.2, -0.15) is 0 Å². The lowest BCUT2D eigenvalue weighted by Gasteiger charge is -2.26. The molecule has 2 aromatic carbocycles. The summed E-state index contributed by atoms with van der Waals surface area (Å²) >= 11 is 0. The zero-order chi connectivity index (χ0) is 42.7. The van der Waals surface area contributed by atoms with Gasteiger partial charge < -0.3 is 53.3 Å². The Hall–Kier alpha value is -7.12. The van der Waals surface area contributed by atoms with E-state index in [0.717, 1.165) is 0 Å². The summed E-state index contributed by atoms with van der Waals surface area (Å²) < 4.78 is 0. The summed E-state index contributed by atoms with van der Waals surface area (Å²) in [4.78, 5) is 125. The highest BCUT2D eigenvalue weighted by atomic mass is 16.2. The van der Waals surface area contributed by atoms with Crippen molar-refractivity contribution in [3.8, 4) is 0 Å². The van der Waals surface area contributed by atoms with E-state index in [1.807, 2.05) is 0 Å². The minimum absolute atomic E-state index is 0.0265. The first-order valence-electron chi connectivity index (χ1n) is 18.9. The fraction of sp³-hybridized carbons (Fsp3) is 0.385. The number of benzene rings is 2. The first kappa shape index (κ1) is 44.6. The normalized spacial score (nSPS) is 20.3. The van der Waals surface area contributed by atoms with E-state index >= 15 is 0 Å². The molecule has 2 heterocycles. The monoisotopic (exact) mass is 815 g/mol. The lowest BCUT2D eigenvalue weighted by molar-refractivity contribution is -0.135.